The van der Waals surface area contributed by atoms with Gasteiger partial charge in [0, 0.05) is 5.38 Å². The Kier molecular flexibility index (Phi) is 5.90. The third-order valence-electron chi connectivity index (χ3n) is 3.07. The lowest BCUT2D eigenvalue weighted by Gasteiger charge is -2.08. The summed E-state index contributed by atoms with van der Waals surface area (Å²) < 4.78 is 0. The van der Waals surface area contributed by atoms with Crippen LogP contribution in [-0.2, 0) is 6.42 Å². The summed E-state index contributed by atoms with van der Waals surface area (Å²) in [4.78, 5) is 0. The highest BCUT2D eigenvalue weighted by Crippen LogP contribution is 2.17. The fraction of sp³-hybridized carbons (Fsp3) is 0.600. The van der Waals surface area contributed by atoms with Gasteiger partial charge in [-0.2, -0.15) is 0 Å². The van der Waals surface area contributed by atoms with E-state index in [2.05, 4.69) is 45.0 Å². The SMILES string of the molecule is CCC(Cl)CCCc1ccc(C(C)C)cc1. The Morgan fingerprint density at radius 1 is 1.12 bits per heavy atom. The Morgan fingerprint density at radius 3 is 2.25 bits per heavy atom. The maximum absolute atomic E-state index is 6.10. The minimum absolute atomic E-state index is 0.356. The van der Waals surface area contributed by atoms with Gasteiger partial charge in [0.2, 0.25) is 0 Å². The smallest absolute Gasteiger partial charge is 0.0333 e. The average Bonchev–Trinajstić information content (AvgIpc) is 2.29. The summed E-state index contributed by atoms with van der Waals surface area (Å²) in [6.07, 6.45) is 4.56. The molecule has 0 bridgehead atoms. The van der Waals surface area contributed by atoms with E-state index in [4.69, 9.17) is 11.6 Å². The van der Waals surface area contributed by atoms with Crippen LogP contribution in [0, 0.1) is 0 Å². The molecule has 1 heteroatoms. The van der Waals surface area contributed by atoms with Crippen LogP contribution >= 0.6 is 11.6 Å². The second-order valence-corrected chi connectivity index (χ2v) is 5.41. The zero-order valence-corrected chi connectivity index (χ0v) is 11.4. The van der Waals surface area contributed by atoms with Crippen LogP contribution in [0.2, 0.25) is 0 Å². The monoisotopic (exact) mass is 238 g/mol. The second kappa shape index (κ2) is 6.96. The van der Waals surface area contributed by atoms with Gasteiger partial charge in [-0.25, -0.2) is 0 Å². The number of rotatable bonds is 6. The molecule has 1 aromatic rings. The van der Waals surface area contributed by atoms with Crippen LogP contribution < -0.4 is 0 Å². The van der Waals surface area contributed by atoms with Crippen molar-refractivity contribution in [2.45, 2.75) is 57.7 Å². The van der Waals surface area contributed by atoms with E-state index < -0.39 is 0 Å². The Hall–Kier alpha value is -0.490. The summed E-state index contributed by atoms with van der Waals surface area (Å²) >= 11 is 6.10. The predicted octanol–water partition coefficient (Wildman–Crippen LogP) is 5.15. The van der Waals surface area contributed by atoms with Crippen molar-refractivity contribution in [3.63, 3.8) is 0 Å². The highest BCUT2D eigenvalue weighted by molar-refractivity contribution is 6.20. The molecule has 0 saturated heterocycles. The molecule has 1 aromatic carbocycles. The van der Waals surface area contributed by atoms with E-state index in [-0.39, 0.29) is 0 Å². The molecule has 0 N–H and O–H groups in total. The lowest BCUT2D eigenvalue weighted by molar-refractivity contribution is 0.674. The largest absolute Gasteiger partial charge is 0.123 e. The van der Waals surface area contributed by atoms with Gasteiger partial charge in [0.1, 0.15) is 0 Å². The molecule has 0 aliphatic heterocycles. The van der Waals surface area contributed by atoms with Crippen molar-refractivity contribution in [1.29, 1.82) is 0 Å². The first-order valence-corrected chi connectivity index (χ1v) is 6.80. The summed E-state index contributed by atoms with van der Waals surface area (Å²) in [5.41, 5.74) is 2.86. The molecule has 0 aromatic heterocycles. The zero-order chi connectivity index (χ0) is 12.0. The average molecular weight is 239 g/mol. The number of benzene rings is 1. The first-order chi connectivity index (χ1) is 7.63. The van der Waals surface area contributed by atoms with Crippen molar-refractivity contribution in [2.75, 3.05) is 0 Å². The van der Waals surface area contributed by atoms with E-state index in [1.54, 1.807) is 0 Å². The van der Waals surface area contributed by atoms with E-state index in [1.165, 1.54) is 17.5 Å². The van der Waals surface area contributed by atoms with E-state index in [9.17, 15) is 0 Å². The first kappa shape index (κ1) is 13.6. The molecule has 90 valence electrons. The molecule has 0 radical (unpaired) electrons. The highest BCUT2D eigenvalue weighted by atomic mass is 35.5. The third kappa shape index (κ3) is 4.57. The van der Waals surface area contributed by atoms with Gasteiger partial charge in [-0.1, -0.05) is 45.0 Å². The van der Waals surface area contributed by atoms with Crippen molar-refractivity contribution >= 4 is 11.6 Å². The maximum atomic E-state index is 6.10. The molecule has 0 nitrogen and oxygen atoms in total. The fourth-order valence-electron chi connectivity index (χ4n) is 1.80. The first-order valence-electron chi connectivity index (χ1n) is 6.36. The number of hydrogen-bond donors (Lipinski definition) is 0. The van der Waals surface area contributed by atoms with Crippen LogP contribution in [-0.4, -0.2) is 5.38 Å². The number of aryl methyl sites for hydroxylation is 1. The second-order valence-electron chi connectivity index (χ2n) is 4.79. The predicted molar refractivity (Wildman–Crippen MR) is 73.4 cm³/mol. The van der Waals surface area contributed by atoms with Crippen molar-refractivity contribution in [2.24, 2.45) is 0 Å². The Morgan fingerprint density at radius 2 is 1.75 bits per heavy atom. The molecule has 0 saturated carbocycles. The summed E-state index contributed by atoms with van der Waals surface area (Å²) in [5.74, 6) is 0.626. The van der Waals surface area contributed by atoms with E-state index in [1.807, 2.05) is 0 Å². The van der Waals surface area contributed by atoms with Crippen LogP contribution in [0.5, 0.6) is 0 Å². The Labute approximate surface area is 105 Å². The van der Waals surface area contributed by atoms with Crippen LogP contribution in [0.25, 0.3) is 0 Å². The summed E-state index contributed by atoms with van der Waals surface area (Å²) in [7, 11) is 0. The normalized spacial score (nSPS) is 13.1. The molecule has 0 fully saturated rings. The Bertz CT molecular complexity index is 287. The molecular weight excluding hydrogens is 216 g/mol. The van der Waals surface area contributed by atoms with Gasteiger partial charge in [0.25, 0.3) is 0 Å². The van der Waals surface area contributed by atoms with Crippen LogP contribution in [0.15, 0.2) is 24.3 Å². The molecule has 1 atom stereocenters. The number of hydrogen-bond acceptors (Lipinski definition) is 0. The molecule has 0 amide bonds. The molecule has 0 heterocycles. The topological polar surface area (TPSA) is 0 Å². The Balaban J connectivity index is 2.38. The minimum atomic E-state index is 0.356. The molecular formula is C15H23Cl. The van der Waals surface area contributed by atoms with Gasteiger partial charge in [0.15, 0.2) is 0 Å². The maximum Gasteiger partial charge on any atom is 0.0333 e. The molecule has 0 aliphatic rings. The summed E-state index contributed by atoms with van der Waals surface area (Å²) in [5, 5.41) is 0.356. The van der Waals surface area contributed by atoms with Crippen molar-refractivity contribution < 1.29 is 0 Å². The standard InChI is InChI=1S/C15H23Cl/c1-4-15(16)7-5-6-13-8-10-14(11-9-13)12(2)3/h8-12,15H,4-7H2,1-3H3. The van der Waals surface area contributed by atoms with Gasteiger partial charge < -0.3 is 0 Å². The summed E-state index contributed by atoms with van der Waals surface area (Å²) in [6.45, 7) is 6.61. The highest BCUT2D eigenvalue weighted by Gasteiger charge is 2.02. The van der Waals surface area contributed by atoms with E-state index >= 15 is 0 Å². The van der Waals surface area contributed by atoms with Gasteiger partial charge in [-0.3, -0.25) is 0 Å². The van der Waals surface area contributed by atoms with E-state index in [0.29, 0.717) is 11.3 Å². The van der Waals surface area contributed by atoms with Crippen molar-refractivity contribution in [3.8, 4) is 0 Å². The van der Waals surface area contributed by atoms with Crippen molar-refractivity contribution in [3.05, 3.63) is 35.4 Å². The van der Waals surface area contributed by atoms with Crippen LogP contribution in [0.3, 0.4) is 0 Å². The summed E-state index contributed by atoms with van der Waals surface area (Å²) in [6, 6.07) is 9.00. The number of alkyl halides is 1. The molecule has 0 aliphatic carbocycles. The molecule has 0 spiro atoms. The lowest BCUT2D eigenvalue weighted by Crippen LogP contribution is -1.97. The third-order valence-corrected chi connectivity index (χ3v) is 3.60. The van der Waals surface area contributed by atoms with Crippen LogP contribution in [0.4, 0.5) is 0 Å². The molecule has 1 rings (SSSR count). The van der Waals surface area contributed by atoms with Gasteiger partial charge >= 0.3 is 0 Å². The van der Waals surface area contributed by atoms with E-state index in [0.717, 1.165) is 19.3 Å². The quantitative estimate of drug-likeness (QED) is 0.602. The van der Waals surface area contributed by atoms with Crippen molar-refractivity contribution in [1.82, 2.24) is 0 Å². The van der Waals surface area contributed by atoms with Gasteiger partial charge in [-0.15, -0.1) is 11.6 Å². The zero-order valence-electron chi connectivity index (χ0n) is 10.7. The molecule has 1 unspecified atom stereocenters. The van der Waals surface area contributed by atoms with Crippen LogP contribution in [0.1, 0.15) is 57.1 Å². The molecule has 16 heavy (non-hydrogen) atoms. The lowest BCUT2D eigenvalue weighted by atomic mass is 9.99. The number of halogens is 1. The van der Waals surface area contributed by atoms with Gasteiger partial charge in [0.05, 0.1) is 0 Å². The van der Waals surface area contributed by atoms with Gasteiger partial charge in [-0.05, 0) is 42.7 Å². The fourth-order valence-corrected chi connectivity index (χ4v) is 1.96. The minimum Gasteiger partial charge on any atom is -0.123 e.